The Hall–Kier alpha value is -2.80. The van der Waals surface area contributed by atoms with Crippen LogP contribution in [-0.4, -0.2) is 39.1 Å². The van der Waals surface area contributed by atoms with E-state index in [9.17, 15) is 9.90 Å². The fourth-order valence-corrected chi connectivity index (χ4v) is 4.03. The molecule has 0 radical (unpaired) electrons. The number of anilines is 1. The molecule has 0 spiro atoms. The number of hydrogen-bond donors (Lipinski definition) is 1. The zero-order valence-electron chi connectivity index (χ0n) is 14.1. The smallest absolute Gasteiger partial charge is 0.307 e. The first-order valence-corrected chi connectivity index (χ1v) is 9.36. The third-order valence-electron chi connectivity index (χ3n) is 4.30. The van der Waals surface area contributed by atoms with Gasteiger partial charge in [0.25, 0.3) is 0 Å². The summed E-state index contributed by atoms with van der Waals surface area (Å²) in [6, 6.07) is 7.80. The summed E-state index contributed by atoms with van der Waals surface area (Å²) in [6.45, 7) is 1.98. The first-order valence-electron chi connectivity index (χ1n) is 8.54. The average Bonchev–Trinajstić information content (AvgIpc) is 3.31. The molecule has 6 nitrogen and oxygen atoms in total. The number of hydrogen-bond acceptors (Lipinski definition) is 6. The predicted octanol–water partition coefficient (Wildman–Crippen LogP) is 3.70. The lowest BCUT2D eigenvalue weighted by atomic mass is 10.1. The third-order valence-corrected chi connectivity index (χ3v) is 5.41. The van der Waals surface area contributed by atoms with Crippen molar-refractivity contribution in [2.24, 2.45) is 0 Å². The molecule has 1 N–H and O–H groups in total. The SMILES string of the molecule is O=C(O)CC(=Cc1cnc(N2CCCC2)nc1)c1nc2ccccc2s1. The molecule has 7 heteroatoms. The minimum Gasteiger partial charge on any atom is -0.481 e. The number of aliphatic carboxylic acids is 1. The van der Waals surface area contributed by atoms with Crippen LogP contribution in [0.15, 0.2) is 36.7 Å². The summed E-state index contributed by atoms with van der Waals surface area (Å²) < 4.78 is 1.04. The monoisotopic (exact) mass is 366 g/mol. The van der Waals surface area contributed by atoms with Gasteiger partial charge in [-0.1, -0.05) is 12.1 Å². The minimum atomic E-state index is -0.884. The van der Waals surface area contributed by atoms with E-state index in [0.29, 0.717) is 5.57 Å². The minimum absolute atomic E-state index is 0.0896. The van der Waals surface area contributed by atoms with Gasteiger partial charge < -0.3 is 10.0 Å². The van der Waals surface area contributed by atoms with Crippen LogP contribution < -0.4 is 4.90 Å². The van der Waals surface area contributed by atoms with Crippen molar-refractivity contribution in [3.05, 3.63) is 47.2 Å². The number of carboxylic acids is 1. The molecule has 3 aromatic rings. The molecule has 26 heavy (non-hydrogen) atoms. The summed E-state index contributed by atoms with van der Waals surface area (Å²) in [7, 11) is 0. The van der Waals surface area contributed by atoms with Crippen LogP contribution in [-0.2, 0) is 4.79 Å². The van der Waals surface area contributed by atoms with Crippen LogP contribution in [0.1, 0.15) is 29.8 Å². The molecule has 1 aliphatic heterocycles. The summed E-state index contributed by atoms with van der Waals surface area (Å²) in [5, 5.41) is 10.0. The Morgan fingerprint density at radius 1 is 1.19 bits per heavy atom. The van der Waals surface area contributed by atoms with E-state index in [1.54, 1.807) is 12.4 Å². The van der Waals surface area contributed by atoms with E-state index in [1.807, 2.05) is 30.3 Å². The van der Waals surface area contributed by atoms with Gasteiger partial charge in [0.05, 0.1) is 16.6 Å². The van der Waals surface area contributed by atoms with Crippen LogP contribution in [0.25, 0.3) is 21.9 Å². The molecule has 1 fully saturated rings. The Labute approximate surface area is 154 Å². The van der Waals surface area contributed by atoms with Crippen LogP contribution in [0.2, 0.25) is 0 Å². The van der Waals surface area contributed by atoms with Crippen molar-refractivity contribution in [1.82, 2.24) is 15.0 Å². The van der Waals surface area contributed by atoms with Crippen molar-refractivity contribution in [1.29, 1.82) is 0 Å². The van der Waals surface area contributed by atoms with Gasteiger partial charge in [0, 0.05) is 31.0 Å². The molecule has 0 amide bonds. The van der Waals surface area contributed by atoms with Crippen molar-refractivity contribution in [3.8, 4) is 0 Å². The summed E-state index contributed by atoms with van der Waals surface area (Å²) in [5.41, 5.74) is 2.32. The molecule has 0 unspecified atom stereocenters. The van der Waals surface area contributed by atoms with Gasteiger partial charge in [0.2, 0.25) is 5.95 Å². The molecule has 0 aliphatic carbocycles. The molecular formula is C19H18N4O2S. The van der Waals surface area contributed by atoms with E-state index in [2.05, 4.69) is 19.9 Å². The van der Waals surface area contributed by atoms with E-state index >= 15 is 0 Å². The van der Waals surface area contributed by atoms with Crippen LogP contribution >= 0.6 is 11.3 Å². The van der Waals surface area contributed by atoms with Gasteiger partial charge >= 0.3 is 5.97 Å². The normalized spacial score (nSPS) is 14.9. The second kappa shape index (κ2) is 7.21. The number of benzene rings is 1. The van der Waals surface area contributed by atoms with Crippen LogP contribution in [0.3, 0.4) is 0 Å². The van der Waals surface area contributed by atoms with Crippen LogP contribution in [0.4, 0.5) is 5.95 Å². The third kappa shape index (κ3) is 3.57. The number of carboxylic acid groups (broad SMARTS) is 1. The molecule has 132 valence electrons. The maximum Gasteiger partial charge on any atom is 0.307 e. The molecule has 1 aliphatic rings. The molecule has 2 aromatic heterocycles. The fourth-order valence-electron chi connectivity index (χ4n) is 3.05. The van der Waals surface area contributed by atoms with Gasteiger partial charge in [0.15, 0.2) is 0 Å². The van der Waals surface area contributed by atoms with Crippen molar-refractivity contribution in [3.63, 3.8) is 0 Å². The quantitative estimate of drug-likeness (QED) is 0.742. The lowest BCUT2D eigenvalue weighted by Crippen LogP contribution is -2.20. The summed E-state index contributed by atoms with van der Waals surface area (Å²) in [6.07, 6.45) is 7.57. The average molecular weight is 366 g/mol. The molecule has 4 rings (SSSR count). The van der Waals surface area contributed by atoms with E-state index < -0.39 is 5.97 Å². The standard InChI is InChI=1S/C19H18N4O2S/c24-17(25)10-14(18-22-15-5-1-2-6-16(15)26-18)9-13-11-20-19(21-12-13)23-7-3-4-8-23/h1-2,5-6,9,11-12H,3-4,7-8,10H2,(H,24,25). The summed E-state index contributed by atoms with van der Waals surface area (Å²) >= 11 is 1.50. The fraction of sp³-hybridized carbons (Fsp3) is 0.263. The zero-order chi connectivity index (χ0) is 17.9. The highest BCUT2D eigenvalue weighted by Crippen LogP contribution is 2.30. The maximum atomic E-state index is 11.3. The van der Waals surface area contributed by atoms with Crippen molar-refractivity contribution in [2.75, 3.05) is 18.0 Å². The number of thiazole rings is 1. The Morgan fingerprint density at radius 2 is 1.92 bits per heavy atom. The van der Waals surface area contributed by atoms with Gasteiger partial charge in [-0.2, -0.15) is 0 Å². The lowest BCUT2D eigenvalue weighted by molar-refractivity contribution is -0.135. The summed E-state index contributed by atoms with van der Waals surface area (Å²) in [5.74, 6) is -0.149. The molecule has 0 bridgehead atoms. The topological polar surface area (TPSA) is 79.2 Å². The number of carbonyl (C=O) groups is 1. The number of nitrogens with zero attached hydrogens (tertiary/aromatic N) is 4. The number of aromatic nitrogens is 3. The van der Waals surface area contributed by atoms with Gasteiger partial charge in [-0.3, -0.25) is 4.79 Å². The van der Waals surface area contributed by atoms with Gasteiger partial charge in [-0.15, -0.1) is 11.3 Å². The number of para-hydroxylation sites is 1. The second-order valence-electron chi connectivity index (χ2n) is 6.24. The highest BCUT2D eigenvalue weighted by atomic mass is 32.1. The predicted molar refractivity (Wildman–Crippen MR) is 103 cm³/mol. The molecular weight excluding hydrogens is 348 g/mol. The number of fused-ring (bicyclic) bond motifs is 1. The van der Waals surface area contributed by atoms with E-state index in [1.165, 1.54) is 24.2 Å². The van der Waals surface area contributed by atoms with Crippen LogP contribution in [0, 0.1) is 0 Å². The molecule has 0 atom stereocenters. The van der Waals surface area contributed by atoms with Crippen molar-refractivity contribution >= 4 is 45.1 Å². The zero-order valence-corrected chi connectivity index (χ0v) is 14.9. The maximum absolute atomic E-state index is 11.3. The Kier molecular flexibility index (Phi) is 4.62. The highest BCUT2D eigenvalue weighted by Gasteiger charge is 2.15. The van der Waals surface area contributed by atoms with E-state index in [4.69, 9.17) is 0 Å². The largest absolute Gasteiger partial charge is 0.481 e. The Bertz CT molecular complexity index is 926. The highest BCUT2D eigenvalue weighted by molar-refractivity contribution is 7.19. The van der Waals surface area contributed by atoms with E-state index in [0.717, 1.165) is 39.8 Å². The molecule has 3 heterocycles. The van der Waals surface area contributed by atoms with Crippen molar-refractivity contribution < 1.29 is 9.90 Å². The Morgan fingerprint density at radius 3 is 2.62 bits per heavy atom. The van der Waals surface area contributed by atoms with E-state index in [-0.39, 0.29) is 6.42 Å². The van der Waals surface area contributed by atoms with Crippen molar-refractivity contribution in [2.45, 2.75) is 19.3 Å². The van der Waals surface area contributed by atoms with Crippen LogP contribution in [0.5, 0.6) is 0 Å². The first kappa shape index (κ1) is 16.7. The number of rotatable bonds is 5. The van der Waals surface area contributed by atoms with Gasteiger partial charge in [0.1, 0.15) is 5.01 Å². The molecule has 1 aromatic carbocycles. The summed E-state index contributed by atoms with van der Waals surface area (Å²) in [4.78, 5) is 26.9. The van der Waals surface area contributed by atoms with Gasteiger partial charge in [-0.05, 0) is 36.6 Å². The van der Waals surface area contributed by atoms with Gasteiger partial charge in [-0.25, -0.2) is 15.0 Å². The molecule has 0 saturated carbocycles. The molecule has 1 saturated heterocycles. The second-order valence-corrected chi connectivity index (χ2v) is 7.27. The first-order chi connectivity index (χ1) is 12.7. The lowest BCUT2D eigenvalue weighted by Gasteiger charge is -2.14. The Balaban J connectivity index is 1.66.